The van der Waals surface area contributed by atoms with Crippen LogP contribution < -0.4 is 15.6 Å². The fraction of sp³-hybridized carbons (Fsp3) is 0.368. The van der Waals surface area contributed by atoms with Gasteiger partial charge in [-0.3, -0.25) is 9.59 Å². The van der Waals surface area contributed by atoms with Crippen molar-refractivity contribution in [1.29, 1.82) is 0 Å². The van der Waals surface area contributed by atoms with Gasteiger partial charge in [0.25, 0.3) is 5.56 Å². The molecule has 4 rings (SSSR count). The molecular weight excluding hydrogens is 362 g/mol. The van der Waals surface area contributed by atoms with Crippen LogP contribution in [0.2, 0.25) is 0 Å². The minimum Gasteiger partial charge on any atom is -0.497 e. The van der Waals surface area contributed by atoms with Gasteiger partial charge in [-0.25, -0.2) is 9.20 Å². The van der Waals surface area contributed by atoms with Gasteiger partial charge in [0.15, 0.2) is 0 Å². The monoisotopic (exact) mass is 383 g/mol. The molecule has 1 aromatic carbocycles. The number of aromatic nitrogens is 4. The van der Waals surface area contributed by atoms with Gasteiger partial charge in [0.05, 0.1) is 18.9 Å². The summed E-state index contributed by atoms with van der Waals surface area (Å²) in [6.45, 7) is 1.03. The number of methoxy groups -OCH3 is 1. The second-order valence-corrected chi connectivity index (χ2v) is 6.62. The first kappa shape index (κ1) is 18.2. The Morgan fingerprint density at radius 3 is 2.89 bits per heavy atom. The maximum absolute atomic E-state index is 12.7. The Hall–Kier alpha value is -3.20. The maximum Gasteiger partial charge on any atom is 0.293 e. The van der Waals surface area contributed by atoms with Crippen LogP contribution in [0.3, 0.4) is 0 Å². The maximum atomic E-state index is 12.7. The van der Waals surface area contributed by atoms with Crippen molar-refractivity contribution in [2.45, 2.75) is 25.5 Å². The summed E-state index contributed by atoms with van der Waals surface area (Å²) in [6.07, 6.45) is 3.43. The highest BCUT2D eigenvalue weighted by Gasteiger charge is 2.17. The summed E-state index contributed by atoms with van der Waals surface area (Å²) in [5.41, 5.74) is 1.47. The summed E-state index contributed by atoms with van der Waals surface area (Å²) in [7, 11) is 1.60. The van der Waals surface area contributed by atoms with Crippen LogP contribution >= 0.6 is 0 Å². The zero-order valence-corrected chi connectivity index (χ0v) is 15.5. The molecular formula is C19H21N5O4. The van der Waals surface area contributed by atoms with Crippen molar-refractivity contribution in [1.82, 2.24) is 24.7 Å². The molecule has 9 nitrogen and oxygen atoms in total. The average Bonchev–Trinajstić information content (AvgIpc) is 3.39. The Kier molecular flexibility index (Phi) is 5.07. The lowest BCUT2D eigenvalue weighted by Crippen LogP contribution is -2.37. The van der Waals surface area contributed by atoms with Crippen LogP contribution in [-0.2, 0) is 16.1 Å². The van der Waals surface area contributed by atoms with Crippen LogP contribution in [0.15, 0.2) is 41.5 Å². The van der Waals surface area contributed by atoms with Crippen LogP contribution in [0, 0.1) is 0 Å². The fourth-order valence-electron chi connectivity index (χ4n) is 3.18. The Labute approximate surface area is 160 Å². The molecule has 0 saturated carbocycles. The lowest BCUT2D eigenvalue weighted by molar-refractivity contribution is -0.122. The SMILES string of the molecule is COc1ccc(-c2cc3c(=O)n(CC(=O)NC[C@@H]4CCCO4)ncn3n2)cc1. The van der Waals surface area contributed by atoms with Gasteiger partial charge in [0.1, 0.15) is 24.1 Å². The molecule has 0 spiro atoms. The first-order chi connectivity index (χ1) is 13.6. The number of nitrogens with zero attached hydrogens (tertiary/aromatic N) is 4. The number of ether oxygens (including phenoxy) is 2. The minimum atomic E-state index is -0.373. The van der Waals surface area contributed by atoms with E-state index in [9.17, 15) is 9.59 Å². The molecule has 1 fully saturated rings. The van der Waals surface area contributed by atoms with Crippen molar-refractivity contribution in [2.75, 3.05) is 20.3 Å². The third kappa shape index (κ3) is 3.74. The summed E-state index contributed by atoms with van der Waals surface area (Å²) in [6, 6.07) is 9.07. The third-order valence-corrected chi connectivity index (χ3v) is 4.72. The molecule has 0 radical (unpaired) electrons. The van der Waals surface area contributed by atoms with E-state index in [0.29, 0.717) is 17.8 Å². The lowest BCUT2D eigenvalue weighted by atomic mass is 10.1. The molecule has 3 aromatic rings. The van der Waals surface area contributed by atoms with Crippen LogP contribution in [0.4, 0.5) is 0 Å². The molecule has 9 heteroatoms. The van der Waals surface area contributed by atoms with E-state index in [0.717, 1.165) is 35.4 Å². The molecule has 1 aliphatic heterocycles. The number of rotatable bonds is 6. The summed E-state index contributed by atoms with van der Waals surface area (Å²) in [4.78, 5) is 24.8. The Morgan fingerprint density at radius 1 is 1.36 bits per heavy atom. The molecule has 0 unspecified atom stereocenters. The highest BCUT2D eigenvalue weighted by Crippen LogP contribution is 2.21. The highest BCUT2D eigenvalue weighted by molar-refractivity contribution is 5.75. The number of hydrogen-bond donors (Lipinski definition) is 1. The van der Waals surface area contributed by atoms with Gasteiger partial charge in [-0.05, 0) is 43.2 Å². The number of fused-ring (bicyclic) bond motifs is 1. The van der Waals surface area contributed by atoms with Crippen molar-refractivity contribution in [2.24, 2.45) is 0 Å². The standard InChI is InChI=1S/C19H21N5O4/c1-27-14-6-4-13(5-7-14)16-9-17-19(26)23(21-12-24(17)22-16)11-18(25)20-10-15-3-2-8-28-15/h4-7,9,12,15H,2-3,8,10-11H2,1H3,(H,20,25)/t15-/m0/s1. The van der Waals surface area contributed by atoms with Gasteiger partial charge >= 0.3 is 0 Å². The molecule has 1 atom stereocenters. The first-order valence-electron chi connectivity index (χ1n) is 9.12. The normalized spacial score (nSPS) is 16.4. The highest BCUT2D eigenvalue weighted by atomic mass is 16.5. The Morgan fingerprint density at radius 2 is 2.18 bits per heavy atom. The Bertz CT molecular complexity index is 1030. The van der Waals surface area contributed by atoms with Crippen molar-refractivity contribution in [3.8, 4) is 17.0 Å². The van der Waals surface area contributed by atoms with Crippen LogP contribution in [0.5, 0.6) is 5.75 Å². The van der Waals surface area contributed by atoms with Crippen LogP contribution in [0.25, 0.3) is 16.8 Å². The molecule has 2 aromatic heterocycles. The number of carbonyl (C=O) groups is 1. The summed E-state index contributed by atoms with van der Waals surface area (Å²) in [5.74, 6) is 0.467. The number of carbonyl (C=O) groups excluding carboxylic acids is 1. The lowest BCUT2D eigenvalue weighted by Gasteiger charge is -2.11. The third-order valence-electron chi connectivity index (χ3n) is 4.72. The van der Waals surface area contributed by atoms with E-state index in [-0.39, 0.29) is 24.1 Å². The van der Waals surface area contributed by atoms with E-state index in [1.165, 1.54) is 10.8 Å². The van der Waals surface area contributed by atoms with E-state index >= 15 is 0 Å². The van der Waals surface area contributed by atoms with E-state index < -0.39 is 0 Å². The molecule has 28 heavy (non-hydrogen) atoms. The van der Waals surface area contributed by atoms with Crippen molar-refractivity contribution in [3.05, 3.63) is 47.0 Å². The number of hydrogen-bond acceptors (Lipinski definition) is 6. The van der Waals surface area contributed by atoms with Gasteiger partial charge in [-0.1, -0.05) is 0 Å². The smallest absolute Gasteiger partial charge is 0.293 e. The summed E-state index contributed by atoms with van der Waals surface area (Å²) >= 11 is 0. The molecule has 3 heterocycles. The molecule has 1 N–H and O–H groups in total. The fourth-order valence-corrected chi connectivity index (χ4v) is 3.18. The minimum absolute atomic E-state index is 0.0537. The first-order valence-corrected chi connectivity index (χ1v) is 9.12. The van der Waals surface area contributed by atoms with Crippen LogP contribution in [-0.4, -0.2) is 51.7 Å². The predicted octanol–water partition coefficient (Wildman–Crippen LogP) is 0.862. The van der Waals surface area contributed by atoms with Crippen molar-refractivity contribution >= 4 is 11.4 Å². The van der Waals surface area contributed by atoms with E-state index in [1.54, 1.807) is 13.2 Å². The number of nitrogens with one attached hydrogen (secondary N) is 1. The van der Waals surface area contributed by atoms with Gasteiger partial charge in [-0.2, -0.15) is 10.2 Å². The van der Waals surface area contributed by atoms with Crippen LogP contribution in [0.1, 0.15) is 12.8 Å². The molecule has 1 amide bonds. The van der Waals surface area contributed by atoms with Gasteiger partial charge in [0, 0.05) is 18.7 Å². The predicted molar refractivity (Wildman–Crippen MR) is 101 cm³/mol. The van der Waals surface area contributed by atoms with Gasteiger partial charge in [-0.15, -0.1) is 0 Å². The zero-order chi connectivity index (χ0) is 19.5. The van der Waals surface area contributed by atoms with Gasteiger partial charge in [0.2, 0.25) is 5.91 Å². The summed E-state index contributed by atoms with van der Waals surface area (Å²) in [5, 5.41) is 11.2. The Balaban J connectivity index is 1.51. The molecule has 0 bridgehead atoms. The van der Waals surface area contributed by atoms with E-state index in [1.807, 2.05) is 24.3 Å². The van der Waals surface area contributed by atoms with Gasteiger partial charge < -0.3 is 14.8 Å². The number of benzene rings is 1. The molecule has 0 aliphatic carbocycles. The number of amides is 1. The molecule has 146 valence electrons. The molecule has 1 saturated heterocycles. The average molecular weight is 383 g/mol. The second kappa shape index (κ2) is 7.81. The topological polar surface area (TPSA) is 99.8 Å². The van der Waals surface area contributed by atoms with E-state index in [2.05, 4.69) is 15.5 Å². The quantitative estimate of drug-likeness (QED) is 0.678. The molecule has 1 aliphatic rings. The van der Waals surface area contributed by atoms with Crippen molar-refractivity contribution < 1.29 is 14.3 Å². The van der Waals surface area contributed by atoms with Crippen molar-refractivity contribution in [3.63, 3.8) is 0 Å². The largest absolute Gasteiger partial charge is 0.497 e. The second-order valence-electron chi connectivity index (χ2n) is 6.62. The van der Waals surface area contributed by atoms with E-state index in [4.69, 9.17) is 9.47 Å². The zero-order valence-electron chi connectivity index (χ0n) is 15.5. The summed E-state index contributed by atoms with van der Waals surface area (Å²) < 4.78 is 13.2.